The molecule has 1 aromatic carbocycles. The van der Waals surface area contributed by atoms with E-state index in [2.05, 4.69) is 57.7 Å². The SMILES string of the molecule is BrCc1ccc(-c2cccs2)cc1. The second-order valence-electron chi connectivity index (χ2n) is 2.81. The summed E-state index contributed by atoms with van der Waals surface area (Å²) in [6.45, 7) is 0. The molecule has 0 spiro atoms. The van der Waals surface area contributed by atoms with E-state index in [1.165, 1.54) is 16.0 Å². The van der Waals surface area contributed by atoms with Gasteiger partial charge in [-0.3, -0.25) is 0 Å². The number of rotatable bonds is 2. The summed E-state index contributed by atoms with van der Waals surface area (Å²) in [5.41, 5.74) is 2.63. The first kappa shape index (κ1) is 8.97. The molecule has 0 nitrogen and oxygen atoms in total. The van der Waals surface area contributed by atoms with Crippen LogP contribution >= 0.6 is 27.3 Å². The van der Waals surface area contributed by atoms with E-state index in [4.69, 9.17) is 0 Å². The zero-order valence-electron chi connectivity index (χ0n) is 7.03. The summed E-state index contributed by atoms with van der Waals surface area (Å²) >= 11 is 5.21. The first-order valence-electron chi connectivity index (χ1n) is 4.09. The van der Waals surface area contributed by atoms with Gasteiger partial charge in [0.05, 0.1) is 0 Å². The Morgan fingerprint density at radius 1 is 1.08 bits per heavy atom. The van der Waals surface area contributed by atoms with Crippen LogP contribution in [-0.4, -0.2) is 0 Å². The van der Waals surface area contributed by atoms with E-state index in [9.17, 15) is 0 Å². The second kappa shape index (κ2) is 4.07. The van der Waals surface area contributed by atoms with Gasteiger partial charge in [0.1, 0.15) is 0 Å². The van der Waals surface area contributed by atoms with Crippen LogP contribution in [-0.2, 0) is 5.33 Å². The maximum absolute atomic E-state index is 3.43. The molecule has 2 rings (SSSR count). The van der Waals surface area contributed by atoms with Crippen molar-refractivity contribution in [2.24, 2.45) is 0 Å². The van der Waals surface area contributed by atoms with Crippen molar-refractivity contribution in [1.29, 1.82) is 0 Å². The number of hydrogen-bond acceptors (Lipinski definition) is 1. The summed E-state index contributed by atoms with van der Waals surface area (Å²) in [6, 6.07) is 12.9. The van der Waals surface area contributed by atoms with Gasteiger partial charge in [0.15, 0.2) is 0 Å². The van der Waals surface area contributed by atoms with E-state index >= 15 is 0 Å². The van der Waals surface area contributed by atoms with Crippen LogP contribution in [0.2, 0.25) is 0 Å². The van der Waals surface area contributed by atoms with Gasteiger partial charge < -0.3 is 0 Å². The van der Waals surface area contributed by atoms with Gasteiger partial charge in [-0.25, -0.2) is 0 Å². The molecule has 0 saturated carbocycles. The lowest BCUT2D eigenvalue weighted by Crippen LogP contribution is -1.76. The largest absolute Gasteiger partial charge is 0.144 e. The van der Waals surface area contributed by atoms with Crippen molar-refractivity contribution in [2.45, 2.75) is 5.33 Å². The molecule has 0 bridgehead atoms. The average molecular weight is 253 g/mol. The second-order valence-corrected chi connectivity index (χ2v) is 4.32. The Morgan fingerprint density at radius 2 is 1.85 bits per heavy atom. The average Bonchev–Trinajstić information content (AvgIpc) is 2.71. The monoisotopic (exact) mass is 252 g/mol. The van der Waals surface area contributed by atoms with Gasteiger partial charge in [-0.2, -0.15) is 0 Å². The summed E-state index contributed by atoms with van der Waals surface area (Å²) in [4.78, 5) is 1.33. The Hall–Kier alpha value is -0.600. The molecule has 0 aliphatic carbocycles. The fourth-order valence-corrected chi connectivity index (χ4v) is 2.31. The minimum atomic E-state index is 0.928. The van der Waals surface area contributed by atoms with E-state index in [1.807, 2.05) is 0 Å². The van der Waals surface area contributed by atoms with Gasteiger partial charge in [0.25, 0.3) is 0 Å². The summed E-state index contributed by atoms with van der Waals surface area (Å²) < 4.78 is 0. The number of benzene rings is 1. The van der Waals surface area contributed by atoms with E-state index in [1.54, 1.807) is 11.3 Å². The Labute approximate surface area is 90.4 Å². The molecule has 13 heavy (non-hydrogen) atoms. The minimum absolute atomic E-state index is 0.928. The van der Waals surface area contributed by atoms with Crippen molar-refractivity contribution in [3.63, 3.8) is 0 Å². The van der Waals surface area contributed by atoms with Gasteiger partial charge in [-0.1, -0.05) is 46.3 Å². The Bertz CT molecular complexity index is 361. The molecule has 0 radical (unpaired) electrons. The topological polar surface area (TPSA) is 0 Å². The predicted molar refractivity (Wildman–Crippen MR) is 62.4 cm³/mol. The van der Waals surface area contributed by atoms with Crippen LogP contribution in [0.5, 0.6) is 0 Å². The molecule has 0 saturated heterocycles. The predicted octanol–water partition coefficient (Wildman–Crippen LogP) is 4.31. The smallest absolute Gasteiger partial charge is 0.0342 e. The highest BCUT2D eigenvalue weighted by Crippen LogP contribution is 2.24. The zero-order valence-corrected chi connectivity index (χ0v) is 9.44. The van der Waals surface area contributed by atoms with Crippen molar-refractivity contribution >= 4 is 27.3 Å². The lowest BCUT2D eigenvalue weighted by atomic mass is 10.1. The van der Waals surface area contributed by atoms with Crippen LogP contribution in [0.1, 0.15) is 5.56 Å². The highest BCUT2D eigenvalue weighted by molar-refractivity contribution is 9.08. The third kappa shape index (κ3) is 2.01. The highest BCUT2D eigenvalue weighted by Gasteiger charge is 1.97. The van der Waals surface area contributed by atoms with Gasteiger partial charge >= 0.3 is 0 Å². The maximum Gasteiger partial charge on any atom is 0.0342 e. The minimum Gasteiger partial charge on any atom is -0.144 e. The Balaban J connectivity index is 2.33. The molecule has 0 amide bonds. The third-order valence-electron chi connectivity index (χ3n) is 1.91. The molecule has 0 N–H and O–H groups in total. The van der Waals surface area contributed by atoms with Crippen LogP contribution in [0.25, 0.3) is 10.4 Å². The molecule has 0 aliphatic heterocycles. The molecular weight excluding hydrogens is 244 g/mol. The van der Waals surface area contributed by atoms with Crippen molar-refractivity contribution in [1.82, 2.24) is 0 Å². The lowest BCUT2D eigenvalue weighted by Gasteiger charge is -1.98. The number of alkyl halides is 1. The van der Waals surface area contributed by atoms with E-state index in [0.29, 0.717) is 0 Å². The molecule has 0 fully saturated rings. The number of hydrogen-bond donors (Lipinski definition) is 0. The zero-order chi connectivity index (χ0) is 9.10. The molecule has 2 aromatic rings. The first-order chi connectivity index (χ1) is 6.40. The molecule has 0 aliphatic rings. The molecule has 66 valence electrons. The normalized spacial score (nSPS) is 10.2. The van der Waals surface area contributed by atoms with E-state index in [-0.39, 0.29) is 0 Å². The maximum atomic E-state index is 3.43. The third-order valence-corrected chi connectivity index (χ3v) is 3.48. The lowest BCUT2D eigenvalue weighted by molar-refractivity contribution is 1.44. The molecular formula is C11H9BrS. The number of halogens is 1. The molecule has 1 aromatic heterocycles. The molecule has 0 atom stereocenters. The van der Waals surface area contributed by atoms with Crippen molar-refractivity contribution in [2.75, 3.05) is 0 Å². The summed E-state index contributed by atoms with van der Waals surface area (Å²) in [5.74, 6) is 0. The van der Waals surface area contributed by atoms with Crippen LogP contribution < -0.4 is 0 Å². The molecule has 2 heteroatoms. The Kier molecular flexibility index (Phi) is 2.81. The summed E-state index contributed by atoms with van der Waals surface area (Å²) in [5, 5.41) is 3.03. The highest BCUT2D eigenvalue weighted by atomic mass is 79.9. The molecule has 0 unspecified atom stereocenters. The Morgan fingerprint density at radius 3 is 2.38 bits per heavy atom. The fourth-order valence-electron chi connectivity index (χ4n) is 1.20. The quantitative estimate of drug-likeness (QED) is 0.699. The first-order valence-corrected chi connectivity index (χ1v) is 6.09. The number of thiophene rings is 1. The van der Waals surface area contributed by atoms with Crippen molar-refractivity contribution in [3.05, 3.63) is 47.3 Å². The van der Waals surface area contributed by atoms with E-state index in [0.717, 1.165) is 5.33 Å². The van der Waals surface area contributed by atoms with Crippen LogP contribution in [0.4, 0.5) is 0 Å². The van der Waals surface area contributed by atoms with Gasteiger partial charge in [0.2, 0.25) is 0 Å². The van der Waals surface area contributed by atoms with Crippen LogP contribution in [0.3, 0.4) is 0 Å². The standard InChI is InChI=1S/C11H9BrS/c12-8-9-3-5-10(6-4-9)11-2-1-7-13-11/h1-7H,8H2. The van der Waals surface area contributed by atoms with Gasteiger partial charge in [-0.15, -0.1) is 11.3 Å². The van der Waals surface area contributed by atoms with Crippen molar-refractivity contribution in [3.8, 4) is 10.4 Å². The molecule has 1 heterocycles. The van der Waals surface area contributed by atoms with Gasteiger partial charge in [-0.05, 0) is 22.6 Å². The van der Waals surface area contributed by atoms with Crippen LogP contribution in [0, 0.1) is 0 Å². The van der Waals surface area contributed by atoms with Crippen LogP contribution in [0.15, 0.2) is 41.8 Å². The summed E-state index contributed by atoms with van der Waals surface area (Å²) in [6.07, 6.45) is 0. The fraction of sp³-hybridized carbons (Fsp3) is 0.0909. The summed E-state index contributed by atoms with van der Waals surface area (Å²) in [7, 11) is 0. The van der Waals surface area contributed by atoms with Crippen molar-refractivity contribution < 1.29 is 0 Å². The van der Waals surface area contributed by atoms with Gasteiger partial charge in [0, 0.05) is 10.2 Å². The van der Waals surface area contributed by atoms with E-state index < -0.39 is 0 Å².